The number of fused-ring (bicyclic) bond motifs is 1. The number of aromatic amines is 1. The van der Waals surface area contributed by atoms with Crippen molar-refractivity contribution < 1.29 is 18.6 Å². The van der Waals surface area contributed by atoms with Gasteiger partial charge in [0.1, 0.15) is 17.4 Å². The Hall–Kier alpha value is -2.93. The fraction of sp³-hybridized carbons (Fsp3) is 0.167. The molecular weight excluding hydrogens is 328 g/mol. The number of nitrogen functional groups attached to an aromatic ring is 1. The van der Waals surface area contributed by atoms with E-state index in [-0.39, 0.29) is 23.7 Å². The van der Waals surface area contributed by atoms with Crippen LogP contribution in [0.5, 0.6) is 11.5 Å². The molecule has 0 unspecified atom stereocenters. The van der Waals surface area contributed by atoms with Crippen LogP contribution in [0.3, 0.4) is 0 Å². The molecule has 0 aliphatic carbocycles. The van der Waals surface area contributed by atoms with Gasteiger partial charge in [-0.2, -0.15) is 0 Å². The van der Waals surface area contributed by atoms with E-state index < -0.39 is 17.5 Å². The lowest BCUT2D eigenvalue weighted by Crippen LogP contribution is -2.13. The van der Waals surface area contributed by atoms with Crippen LogP contribution in [0.15, 0.2) is 36.5 Å². The van der Waals surface area contributed by atoms with Crippen LogP contribution in [0.1, 0.15) is 17.5 Å². The topological polar surface area (TPSA) is 95.1 Å². The fourth-order valence-corrected chi connectivity index (χ4v) is 2.73. The molecule has 0 radical (unpaired) electrons. The molecular formula is C18H17F2N3O2. The summed E-state index contributed by atoms with van der Waals surface area (Å²) in [5.74, 6) is -1.48. The second kappa shape index (κ2) is 6.90. The minimum Gasteiger partial charge on any atom is -0.454 e. The Morgan fingerprint density at radius 2 is 2.00 bits per heavy atom. The van der Waals surface area contributed by atoms with Crippen molar-refractivity contribution in [2.75, 3.05) is 6.61 Å². The number of benzene rings is 2. The van der Waals surface area contributed by atoms with Crippen LogP contribution in [-0.2, 0) is 6.42 Å². The zero-order chi connectivity index (χ0) is 18.0. The number of aromatic nitrogens is 1. The quantitative estimate of drug-likeness (QED) is 0.407. The van der Waals surface area contributed by atoms with Gasteiger partial charge in [-0.05, 0) is 37.1 Å². The average molecular weight is 345 g/mol. The summed E-state index contributed by atoms with van der Waals surface area (Å²) in [6.07, 6.45) is 2.56. The SMILES string of the molecule is N=C(N)c1cc(Oc2c(F)cc3[nH]ccc3c2CCCO)ccc1F. The molecule has 0 bridgehead atoms. The summed E-state index contributed by atoms with van der Waals surface area (Å²) in [5, 5.41) is 17.3. The molecule has 7 heteroatoms. The largest absolute Gasteiger partial charge is 0.454 e. The number of halogens is 2. The van der Waals surface area contributed by atoms with Gasteiger partial charge in [-0.25, -0.2) is 8.78 Å². The van der Waals surface area contributed by atoms with E-state index in [9.17, 15) is 8.78 Å². The van der Waals surface area contributed by atoms with Crippen LogP contribution >= 0.6 is 0 Å². The number of amidine groups is 1. The van der Waals surface area contributed by atoms with Crippen molar-refractivity contribution >= 4 is 16.7 Å². The van der Waals surface area contributed by atoms with E-state index in [0.717, 1.165) is 11.5 Å². The highest BCUT2D eigenvalue weighted by Gasteiger charge is 2.17. The lowest BCUT2D eigenvalue weighted by atomic mass is 10.0. The molecule has 3 aromatic rings. The van der Waals surface area contributed by atoms with Crippen LogP contribution in [0.25, 0.3) is 10.9 Å². The highest BCUT2D eigenvalue weighted by molar-refractivity contribution is 5.95. The average Bonchev–Trinajstić information content (AvgIpc) is 3.03. The molecule has 130 valence electrons. The highest BCUT2D eigenvalue weighted by atomic mass is 19.1. The summed E-state index contributed by atoms with van der Waals surface area (Å²) in [4.78, 5) is 2.95. The van der Waals surface area contributed by atoms with Crippen LogP contribution < -0.4 is 10.5 Å². The number of rotatable bonds is 6. The number of aliphatic hydroxyl groups is 1. The van der Waals surface area contributed by atoms with Crippen molar-refractivity contribution in [2.24, 2.45) is 5.73 Å². The normalized spacial score (nSPS) is 11.0. The second-order valence-corrected chi connectivity index (χ2v) is 5.59. The first-order valence-corrected chi connectivity index (χ1v) is 7.72. The number of hydrogen-bond donors (Lipinski definition) is 4. The molecule has 0 amide bonds. The molecule has 0 aliphatic rings. The number of nitrogens with two attached hydrogens (primary N) is 1. The number of hydrogen-bond acceptors (Lipinski definition) is 3. The monoisotopic (exact) mass is 345 g/mol. The Kier molecular flexibility index (Phi) is 4.67. The van der Waals surface area contributed by atoms with Crippen molar-refractivity contribution in [3.05, 3.63) is 59.3 Å². The molecule has 5 nitrogen and oxygen atoms in total. The summed E-state index contributed by atoms with van der Waals surface area (Å²) >= 11 is 0. The number of H-pyrrole nitrogens is 1. The number of nitrogens with one attached hydrogen (secondary N) is 2. The van der Waals surface area contributed by atoms with Crippen molar-refractivity contribution in [3.8, 4) is 11.5 Å². The van der Waals surface area contributed by atoms with Gasteiger partial charge in [0.2, 0.25) is 0 Å². The summed E-state index contributed by atoms with van der Waals surface area (Å²) in [6, 6.07) is 6.85. The Morgan fingerprint density at radius 1 is 1.20 bits per heavy atom. The van der Waals surface area contributed by atoms with Gasteiger partial charge in [0.15, 0.2) is 11.6 Å². The van der Waals surface area contributed by atoms with Gasteiger partial charge < -0.3 is 20.6 Å². The third-order valence-electron chi connectivity index (χ3n) is 3.90. The van der Waals surface area contributed by atoms with Gasteiger partial charge in [-0.1, -0.05) is 0 Å². The third-order valence-corrected chi connectivity index (χ3v) is 3.90. The van der Waals surface area contributed by atoms with Gasteiger partial charge in [0.05, 0.1) is 5.56 Å². The zero-order valence-electron chi connectivity index (χ0n) is 13.3. The maximum absolute atomic E-state index is 14.6. The maximum Gasteiger partial charge on any atom is 0.168 e. The number of ether oxygens (including phenoxy) is 1. The first-order chi connectivity index (χ1) is 12.0. The van der Waals surface area contributed by atoms with E-state index in [2.05, 4.69) is 4.98 Å². The maximum atomic E-state index is 14.6. The lowest BCUT2D eigenvalue weighted by Gasteiger charge is -2.14. The molecule has 0 spiro atoms. The van der Waals surface area contributed by atoms with Gasteiger partial charge >= 0.3 is 0 Å². The second-order valence-electron chi connectivity index (χ2n) is 5.59. The number of aliphatic hydroxyl groups excluding tert-OH is 1. The Bertz CT molecular complexity index is 937. The van der Waals surface area contributed by atoms with Crippen molar-refractivity contribution in [1.82, 2.24) is 4.98 Å². The number of aryl methyl sites for hydroxylation is 1. The molecule has 0 saturated carbocycles. The first kappa shape index (κ1) is 16.9. The molecule has 25 heavy (non-hydrogen) atoms. The van der Waals surface area contributed by atoms with Gasteiger partial charge in [0, 0.05) is 35.3 Å². The fourth-order valence-electron chi connectivity index (χ4n) is 2.73. The predicted molar refractivity (Wildman–Crippen MR) is 91.2 cm³/mol. The van der Waals surface area contributed by atoms with E-state index in [1.54, 1.807) is 12.3 Å². The minimum absolute atomic E-state index is 0.0154. The van der Waals surface area contributed by atoms with Gasteiger partial charge in [-0.3, -0.25) is 5.41 Å². The molecule has 0 atom stereocenters. The van der Waals surface area contributed by atoms with Crippen LogP contribution in [0.2, 0.25) is 0 Å². The van der Waals surface area contributed by atoms with Crippen LogP contribution in [-0.4, -0.2) is 22.5 Å². The zero-order valence-corrected chi connectivity index (χ0v) is 13.3. The molecule has 3 rings (SSSR count). The minimum atomic E-state index is -0.651. The molecule has 1 heterocycles. The predicted octanol–water partition coefficient (Wildman–Crippen LogP) is 3.45. The summed E-state index contributed by atoms with van der Waals surface area (Å²) < 4.78 is 33.9. The third kappa shape index (κ3) is 3.32. The standard InChI is InChI=1S/C18H17F2N3O2/c19-14-4-3-10(8-13(14)18(21)22)25-17-12(2-1-7-24)11-5-6-23-16(11)9-15(17)20/h3-6,8-9,23-24H,1-2,7H2,(H3,21,22). The first-order valence-electron chi connectivity index (χ1n) is 7.72. The molecule has 1 aromatic heterocycles. The van der Waals surface area contributed by atoms with Gasteiger partial charge in [-0.15, -0.1) is 0 Å². The highest BCUT2D eigenvalue weighted by Crippen LogP contribution is 2.35. The summed E-state index contributed by atoms with van der Waals surface area (Å²) in [5.41, 5.74) is 6.47. The summed E-state index contributed by atoms with van der Waals surface area (Å²) in [7, 11) is 0. The van der Waals surface area contributed by atoms with Crippen LogP contribution in [0, 0.1) is 17.0 Å². The molecule has 0 saturated heterocycles. The Morgan fingerprint density at radius 3 is 2.72 bits per heavy atom. The van der Waals surface area contributed by atoms with E-state index in [1.807, 2.05) is 0 Å². The van der Waals surface area contributed by atoms with E-state index in [1.165, 1.54) is 18.2 Å². The van der Waals surface area contributed by atoms with E-state index >= 15 is 0 Å². The van der Waals surface area contributed by atoms with Gasteiger partial charge in [0.25, 0.3) is 0 Å². The lowest BCUT2D eigenvalue weighted by molar-refractivity contribution is 0.288. The van der Waals surface area contributed by atoms with Crippen molar-refractivity contribution in [1.29, 1.82) is 5.41 Å². The molecule has 5 N–H and O–H groups in total. The van der Waals surface area contributed by atoms with E-state index in [4.69, 9.17) is 21.0 Å². The van der Waals surface area contributed by atoms with E-state index in [0.29, 0.717) is 23.9 Å². The van der Waals surface area contributed by atoms with Crippen molar-refractivity contribution in [3.63, 3.8) is 0 Å². The molecule has 0 aliphatic heterocycles. The smallest absolute Gasteiger partial charge is 0.168 e. The summed E-state index contributed by atoms with van der Waals surface area (Å²) in [6.45, 7) is -0.0348. The Balaban J connectivity index is 2.07. The van der Waals surface area contributed by atoms with Crippen molar-refractivity contribution in [2.45, 2.75) is 12.8 Å². The molecule has 2 aromatic carbocycles. The Labute approximate surface area is 142 Å². The molecule has 0 fully saturated rings. The van der Waals surface area contributed by atoms with Crippen LogP contribution in [0.4, 0.5) is 8.78 Å².